The van der Waals surface area contributed by atoms with Gasteiger partial charge in [-0.3, -0.25) is 4.98 Å². The summed E-state index contributed by atoms with van der Waals surface area (Å²) in [5.74, 6) is 0.788. The van der Waals surface area contributed by atoms with E-state index in [1.54, 1.807) is 12.4 Å². The van der Waals surface area contributed by atoms with Crippen molar-refractivity contribution in [3.05, 3.63) is 59.4 Å². The first-order chi connectivity index (χ1) is 9.86. The molecule has 3 rings (SSSR count). The number of aryl methyl sites for hydroxylation is 1. The molecule has 0 saturated heterocycles. The molecule has 0 radical (unpaired) electrons. The number of hydrogen-bond acceptors (Lipinski definition) is 4. The van der Waals surface area contributed by atoms with Crippen molar-refractivity contribution in [2.75, 3.05) is 0 Å². The molecule has 4 nitrogen and oxygen atoms in total. The molecule has 0 atom stereocenters. The first-order valence-corrected chi connectivity index (χ1v) is 6.73. The number of aromatic nitrogens is 1. The highest BCUT2D eigenvalue weighted by Crippen LogP contribution is 2.26. The molecular formula is C16H16N2O2. The monoisotopic (exact) mass is 268 g/mol. The summed E-state index contributed by atoms with van der Waals surface area (Å²) in [5.41, 5.74) is 4.00. The van der Waals surface area contributed by atoms with Crippen LogP contribution in [0.5, 0.6) is 5.75 Å². The van der Waals surface area contributed by atoms with Gasteiger partial charge in [-0.15, -0.1) is 0 Å². The predicted octanol–water partition coefficient (Wildman–Crippen LogP) is 3.18. The van der Waals surface area contributed by atoms with Gasteiger partial charge in [0.25, 0.3) is 0 Å². The molecule has 1 aliphatic carbocycles. The lowest BCUT2D eigenvalue weighted by molar-refractivity contribution is 0.305. The van der Waals surface area contributed by atoms with E-state index in [-0.39, 0.29) is 0 Å². The van der Waals surface area contributed by atoms with Crippen LogP contribution in [-0.4, -0.2) is 15.9 Å². The first kappa shape index (κ1) is 12.7. The fourth-order valence-electron chi connectivity index (χ4n) is 2.47. The van der Waals surface area contributed by atoms with E-state index in [4.69, 9.17) is 9.94 Å². The lowest BCUT2D eigenvalue weighted by Crippen LogP contribution is -2.12. The molecule has 1 aromatic carbocycles. The summed E-state index contributed by atoms with van der Waals surface area (Å²) in [7, 11) is 0. The molecule has 0 fully saturated rings. The Bertz CT molecular complexity index is 624. The Morgan fingerprint density at radius 1 is 1.25 bits per heavy atom. The predicted molar refractivity (Wildman–Crippen MR) is 76.3 cm³/mol. The summed E-state index contributed by atoms with van der Waals surface area (Å²) in [4.78, 5) is 4.06. The van der Waals surface area contributed by atoms with E-state index >= 15 is 0 Å². The summed E-state index contributed by atoms with van der Waals surface area (Å²) in [5, 5.41) is 12.5. The van der Waals surface area contributed by atoms with E-state index in [0.29, 0.717) is 6.61 Å². The molecule has 0 spiro atoms. The normalized spacial score (nSPS) is 15.9. The summed E-state index contributed by atoms with van der Waals surface area (Å²) >= 11 is 0. The molecule has 20 heavy (non-hydrogen) atoms. The number of fused-ring (bicyclic) bond motifs is 1. The van der Waals surface area contributed by atoms with Crippen molar-refractivity contribution in [3.63, 3.8) is 0 Å². The summed E-state index contributed by atoms with van der Waals surface area (Å²) in [6.07, 6.45) is 6.40. The Morgan fingerprint density at radius 2 is 2.20 bits per heavy atom. The van der Waals surface area contributed by atoms with Crippen molar-refractivity contribution in [1.29, 1.82) is 0 Å². The van der Waals surface area contributed by atoms with Gasteiger partial charge in [0.05, 0.1) is 5.71 Å². The molecule has 2 aromatic rings. The average molecular weight is 268 g/mol. The second-order valence-corrected chi connectivity index (χ2v) is 4.87. The number of oxime groups is 1. The van der Waals surface area contributed by atoms with Crippen molar-refractivity contribution in [2.45, 2.75) is 25.9 Å². The number of ether oxygens (including phenoxy) is 1. The van der Waals surface area contributed by atoms with Crippen molar-refractivity contribution in [2.24, 2.45) is 5.16 Å². The SMILES string of the molecule is O/N=C1/CCCc2ccc(OCc3cccnc3)cc21. The fourth-order valence-corrected chi connectivity index (χ4v) is 2.47. The van der Waals surface area contributed by atoms with E-state index in [0.717, 1.165) is 41.9 Å². The van der Waals surface area contributed by atoms with E-state index in [2.05, 4.69) is 16.2 Å². The maximum atomic E-state index is 9.08. The molecule has 0 bridgehead atoms. The van der Waals surface area contributed by atoms with Crippen LogP contribution in [0.3, 0.4) is 0 Å². The summed E-state index contributed by atoms with van der Waals surface area (Å²) in [6, 6.07) is 9.85. The molecule has 0 amide bonds. The fraction of sp³-hybridized carbons (Fsp3) is 0.250. The Hall–Kier alpha value is -2.36. The third kappa shape index (κ3) is 2.64. The van der Waals surface area contributed by atoms with Gasteiger partial charge in [0.1, 0.15) is 12.4 Å². The minimum absolute atomic E-state index is 0.484. The minimum atomic E-state index is 0.484. The standard InChI is InChI=1S/C16H16N2O2/c19-18-16-5-1-4-13-6-7-14(9-15(13)16)20-11-12-3-2-8-17-10-12/h2-3,6-10,19H,1,4-5,11H2/b18-16-. The lowest BCUT2D eigenvalue weighted by atomic mass is 9.90. The maximum Gasteiger partial charge on any atom is 0.120 e. The van der Waals surface area contributed by atoms with Crippen LogP contribution in [0.25, 0.3) is 0 Å². The number of hydrogen-bond donors (Lipinski definition) is 1. The van der Waals surface area contributed by atoms with E-state index in [9.17, 15) is 0 Å². The Labute approximate surface area is 117 Å². The third-order valence-electron chi connectivity index (χ3n) is 3.50. The van der Waals surface area contributed by atoms with Gasteiger partial charge in [-0.25, -0.2) is 0 Å². The molecular weight excluding hydrogens is 252 g/mol. The highest BCUT2D eigenvalue weighted by atomic mass is 16.5. The Kier molecular flexibility index (Phi) is 3.63. The maximum absolute atomic E-state index is 9.08. The molecule has 4 heteroatoms. The van der Waals surface area contributed by atoms with Crippen LogP contribution in [0, 0.1) is 0 Å². The number of benzene rings is 1. The number of pyridine rings is 1. The molecule has 0 aliphatic heterocycles. The van der Waals surface area contributed by atoms with Gasteiger partial charge in [0.15, 0.2) is 0 Å². The smallest absolute Gasteiger partial charge is 0.120 e. The minimum Gasteiger partial charge on any atom is -0.489 e. The van der Waals surface area contributed by atoms with Crippen LogP contribution in [0.1, 0.15) is 29.5 Å². The zero-order valence-electron chi connectivity index (χ0n) is 11.1. The number of nitrogens with zero attached hydrogens (tertiary/aromatic N) is 2. The van der Waals surface area contributed by atoms with E-state index in [1.165, 1.54) is 5.56 Å². The molecule has 1 aromatic heterocycles. The topological polar surface area (TPSA) is 54.7 Å². The van der Waals surface area contributed by atoms with Gasteiger partial charge in [0, 0.05) is 23.5 Å². The Morgan fingerprint density at radius 3 is 3.00 bits per heavy atom. The highest BCUT2D eigenvalue weighted by Gasteiger charge is 2.16. The van der Waals surface area contributed by atoms with Gasteiger partial charge < -0.3 is 9.94 Å². The van der Waals surface area contributed by atoms with E-state index in [1.807, 2.05) is 24.3 Å². The summed E-state index contributed by atoms with van der Waals surface area (Å²) in [6.45, 7) is 0.484. The zero-order valence-corrected chi connectivity index (χ0v) is 11.1. The Balaban J connectivity index is 1.78. The summed E-state index contributed by atoms with van der Waals surface area (Å²) < 4.78 is 5.77. The second kappa shape index (κ2) is 5.74. The van der Waals surface area contributed by atoms with Gasteiger partial charge in [-0.1, -0.05) is 17.3 Å². The second-order valence-electron chi connectivity index (χ2n) is 4.87. The van der Waals surface area contributed by atoms with Crippen LogP contribution in [0.15, 0.2) is 47.9 Å². The molecule has 0 unspecified atom stereocenters. The van der Waals surface area contributed by atoms with Crippen LogP contribution < -0.4 is 4.74 Å². The lowest BCUT2D eigenvalue weighted by Gasteiger charge is -2.18. The van der Waals surface area contributed by atoms with Crippen LogP contribution in [-0.2, 0) is 13.0 Å². The molecule has 1 heterocycles. The average Bonchev–Trinajstić information content (AvgIpc) is 2.53. The van der Waals surface area contributed by atoms with Crippen molar-refractivity contribution < 1.29 is 9.94 Å². The number of rotatable bonds is 3. The molecule has 1 N–H and O–H groups in total. The molecule has 1 aliphatic rings. The first-order valence-electron chi connectivity index (χ1n) is 6.73. The quantitative estimate of drug-likeness (QED) is 0.687. The van der Waals surface area contributed by atoms with Gasteiger partial charge >= 0.3 is 0 Å². The van der Waals surface area contributed by atoms with Crippen LogP contribution in [0.2, 0.25) is 0 Å². The van der Waals surface area contributed by atoms with Crippen molar-refractivity contribution >= 4 is 5.71 Å². The molecule has 0 saturated carbocycles. The largest absolute Gasteiger partial charge is 0.489 e. The van der Waals surface area contributed by atoms with Crippen LogP contribution >= 0.6 is 0 Å². The zero-order chi connectivity index (χ0) is 13.8. The van der Waals surface area contributed by atoms with Crippen molar-refractivity contribution in [3.8, 4) is 5.75 Å². The van der Waals surface area contributed by atoms with E-state index < -0.39 is 0 Å². The highest BCUT2D eigenvalue weighted by molar-refractivity contribution is 6.02. The van der Waals surface area contributed by atoms with Gasteiger partial charge in [0.2, 0.25) is 0 Å². The van der Waals surface area contributed by atoms with Crippen LogP contribution in [0.4, 0.5) is 0 Å². The van der Waals surface area contributed by atoms with Gasteiger partial charge in [-0.2, -0.15) is 0 Å². The molecule has 102 valence electrons. The van der Waals surface area contributed by atoms with Crippen molar-refractivity contribution in [1.82, 2.24) is 4.98 Å². The third-order valence-corrected chi connectivity index (χ3v) is 3.50. The van der Waals surface area contributed by atoms with Gasteiger partial charge in [-0.05, 0) is 43.0 Å².